The second-order valence-corrected chi connectivity index (χ2v) is 4.82. The third-order valence-electron chi connectivity index (χ3n) is 3.06. The normalized spacial score (nSPS) is 31.3. The Bertz CT molecular complexity index is 170. The molecule has 1 N–H and O–H groups in total. The van der Waals surface area contributed by atoms with Gasteiger partial charge in [-0.25, -0.2) is 0 Å². The number of hydrogen-bond acceptors (Lipinski definition) is 3. The molecule has 0 bridgehead atoms. The first-order valence-corrected chi connectivity index (χ1v) is 5.66. The highest BCUT2D eigenvalue weighted by Gasteiger charge is 2.31. The van der Waals surface area contributed by atoms with Crippen molar-refractivity contribution in [2.24, 2.45) is 0 Å². The van der Waals surface area contributed by atoms with Gasteiger partial charge in [0.05, 0.1) is 0 Å². The van der Waals surface area contributed by atoms with E-state index in [1.165, 1.54) is 13.1 Å². The molecule has 0 saturated carbocycles. The molecule has 2 unspecified atom stereocenters. The van der Waals surface area contributed by atoms with Crippen molar-refractivity contribution in [1.82, 2.24) is 15.1 Å². The molecule has 84 valence electrons. The van der Waals surface area contributed by atoms with Crippen LogP contribution in [-0.4, -0.2) is 61.7 Å². The number of hydrogen-bond donors (Lipinski definition) is 1. The van der Waals surface area contributed by atoms with E-state index in [1.807, 2.05) is 7.05 Å². The topological polar surface area (TPSA) is 18.5 Å². The Kier molecular flexibility index (Phi) is 4.35. The van der Waals surface area contributed by atoms with Gasteiger partial charge in [0.1, 0.15) is 0 Å². The van der Waals surface area contributed by atoms with Crippen LogP contribution >= 0.6 is 0 Å². The highest BCUT2D eigenvalue weighted by molar-refractivity contribution is 4.88. The van der Waals surface area contributed by atoms with E-state index < -0.39 is 0 Å². The zero-order valence-corrected chi connectivity index (χ0v) is 10.2. The summed E-state index contributed by atoms with van der Waals surface area (Å²) in [7, 11) is 4.26. The molecular formula is C11H25N3. The van der Waals surface area contributed by atoms with Crippen molar-refractivity contribution in [2.45, 2.75) is 38.9 Å². The van der Waals surface area contributed by atoms with Crippen molar-refractivity contribution in [3.63, 3.8) is 0 Å². The molecule has 0 aromatic carbocycles. The monoisotopic (exact) mass is 199 g/mol. The molecule has 3 heteroatoms. The molecule has 1 aliphatic rings. The van der Waals surface area contributed by atoms with Gasteiger partial charge in [-0.2, -0.15) is 0 Å². The minimum absolute atomic E-state index is 0.650. The van der Waals surface area contributed by atoms with Crippen LogP contribution in [0.25, 0.3) is 0 Å². The van der Waals surface area contributed by atoms with Gasteiger partial charge in [0.15, 0.2) is 0 Å². The highest BCUT2D eigenvalue weighted by atomic mass is 15.3. The first-order valence-electron chi connectivity index (χ1n) is 5.66. The zero-order chi connectivity index (χ0) is 10.7. The Morgan fingerprint density at radius 1 is 1.36 bits per heavy atom. The van der Waals surface area contributed by atoms with Crippen LogP contribution < -0.4 is 5.32 Å². The molecule has 1 fully saturated rings. The second kappa shape index (κ2) is 5.10. The van der Waals surface area contributed by atoms with Crippen LogP contribution in [0.1, 0.15) is 20.8 Å². The summed E-state index contributed by atoms with van der Waals surface area (Å²) < 4.78 is 0. The van der Waals surface area contributed by atoms with Crippen LogP contribution in [-0.2, 0) is 0 Å². The molecule has 1 saturated heterocycles. The molecule has 0 radical (unpaired) electrons. The third kappa shape index (κ3) is 2.69. The van der Waals surface area contributed by atoms with Crippen molar-refractivity contribution < 1.29 is 0 Å². The minimum Gasteiger partial charge on any atom is -0.318 e. The van der Waals surface area contributed by atoms with E-state index in [1.54, 1.807) is 0 Å². The van der Waals surface area contributed by atoms with E-state index in [9.17, 15) is 0 Å². The zero-order valence-electron chi connectivity index (χ0n) is 10.2. The van der Waals surface area contributed by atoms with Crippen LogP contribution in [0.2, 0.25) is 0 Å². The van der Waals surface area contributed by atoms with Gasteiger partial charge in [0, 0.05) is 37.8 Å². The first kappa shape index (κ1) is 12.0. The van der Waals surface area contributed by atoms with Crippen molar-refractivity contribution in [3.05, 3.63) is 0 Å². The van der Waals surface area contributed by atoms with E-state index in [0.29, 0.717) is 18.1 Å². The number of nitrogens with zero attached hydrogens (tertiary/aromatic N) is 2. The summed E-state index contributed by atoms with van der Waals surface area (Å²) >= 11 is 0. The van der Waals surface area contributed by atoms with Gasteiger partial charge in [-0.15, -0.1) is 0 Å². The minimum atomic E-state index is 0.650. The van der Waals surface area contributed by atoms with Gasteiger partial charge < -0.3 is 10.2 Å². The lowest BCUT2D eigenvalue weighted by Gasteiger charge is -2.46. The Balaban J connectivity index is 2.65. The predicted molar refractivity (Wildman–Crippen MR) is 61.6 cm³/mol. The number of likely N-dealkylation sites (N-methyl/N-ethyl adjacent to an activating group) is 2. The molecule has 0 aliphatic carbocycles. The molecule has 0 spiro atoms. The maximum Gasteiger partial charge on any atom is 0.0353 e. The number of rotatable bonds is 3. The molecule has 0 amide bonds. The Labute approximate surface area is 88.5 Å². The maximum absolute atomic E-state index is 3.30. The third-order valence-corrected chi connectivity index (χ3v) is 3.06. The average molecular weight is 199 g/mol. The molecule has 1 rings (SSSR count). The summed E-state index contributed by atoms with van der Waals surface area (Å²) in [6.45, 7) is 10.4. The molecule has 1 aliphatic heterocycles. The van der Waals surface area contributed by atoms with Crippen molar-refractivity contribution in [3.8, 4) is 0 Å². The standard InChI is InChI=1S/C11H25N3/c1-9(2)14-10(3)7-13(5)8-11(14)6-12-4/h9-12H,6-8H2,1-5H3. The van der Waals surface area contributed by atoms with E-state index in [2.05, 4.69) is 42.9 Å². The maximum atomic E-state index is 3.30. The van der Waals surface area contributed by atoms with Gasteiger partial charge >= 0.3 is 0 Å². The summed E-state index contributed by atoms with van der Waals surface area (Å²) in [6.07, 6.45) is 0. The van der Waals surface area contributed by atoms with Gasteiger partial charge in [0.25, 0.3) is 0 Å². The lowest BCUT2D eigenvalue weighted by molar-refractivity contribution is 0.0206. The van der Waals surface area contributed by atoms with Crippen LogP contribution in [0.15, 0.2) is 0 Å². The molecule has 0 aromatic rings. The molecule has 14 heavy (non-hydrogen) atoms. The molecule has 3 nitrogen and oxygen atoms in total. The first-order chi connectivity index (χ1) is 6.56. The van der Waals surface area contributed by atoms with Gasteiger partial charge in [-0.3, -0.25) is 4.90 Å². The van der Waals surface area contributed by atoms with E-state index in [4.69, 9.17) is 0 Å². The Morgan fingerprint density at radius 3 is 2.50 bits per heavy atom. The largest absolute Gasteiger partial charge is 0.318 e. The van der Waals surface area contributed by atoms with Crippen LogP contribution in [0, 0.1) is 0 Å². The Morgan fingerprint density at radius 2 is 2.00 bits per heavy atom. The second-order valence-electron chi connectivity index (χ2n) is 4.82. The number of nitrogens with one attached hydrogen (secondary N) is 1. The predicted octanol–water partition coefficient (Wildman–Crippen LogP) is 0.619. The summed E-state index contributed by atoms with van der Waals surface area (Å²) in [5.74, 6) is 0. The molecule has 2 atom stereocenters. The summed E-state index contributed by atoms with van der Waals surface area (Å²) in [5, 5.41) is 3.30. The van der Waals surface area contributed by atoms with Crippen LogP contribution in [0.3, 0.4) is 0 Å². The summed E-state index contributed by atoms with van der Waals surface area (Å²) in [6, 6.07) is 1.98. The smallest absolute Gasteiger partial charge is 0.0353 e. The lowest BCUT2D eigenvalue weighted by atomic mass is 10.0. The molecular weight excluding hydrogens is 174 g/mol. The summed E-state index contributed by atoms with van der Waals surface area (Å²) in [4.78, 5) is 5.07. The van der Waals surface area contributed by atoms with Gasteiger partial charge in [-0.05, 0) is 34.9 Å². The fourth-order valence-electron chi connectivity index (χ4n) is 2.77. The quantitative estimate of drug-likeness (QED) is 0.719. The fraction of sp³-hybridized carbons (Fsp3) is 1.00. The Hall–Kier alpha value is -0.120. The van der Waals surface area contributed by atoms with E-state index in [0.717, 1.165) is 6.54 Å². The van der Waals surface area contributed by atoms with Crippen molar-refractivity contribution >= 4 is 0 Å². The number of piperazine rings is 1. The highest BCUT2D eigenvalue weighted by Crippen LogP contribution is 2.17. The van der Waals surface area contributed by atoms with Gasteiger partial charge in [0.2, 0.25) is 0 Å². The average Bonchev–Trinajstić information content (AvgIpc) is 2.01. The lowest BCUT2D eigenvalue weighted by Crippen LogP contribution is -2.61. The van der Waals surface area contributed by atoms with E-state index >= 15 is 0 Å². The fourth-order valence-corrected chi connectivity index (χ4v) is 2.77. The SMILES string of the molecule is CNCC1CN(C)CC(C)N1C(C)C. The van der Waals surface area contributed by atoms with Crippen LogP contribution in [0.5, 0.6) is 0 Å². The van der Waals surface area contributed by atoms with Crippen molar-refractivity contribution in [1.29, 1.82) is 0 Å². The molecule has 1 heterocycles. The van der Waals surface area contributed by atoms with E-state index in [-0.39, 0.29) is 0 Å². The van der Waals surface area contributed by atoms with Gasteiger partial charge in [-0.1, -0.05) is 0 Å². The van der Waals surface area contributed by atoms with Crippen molar-refractivity contribution in [2.75, 3.05) is 33.7 Å². The summed E-state index contributed by atoms with van der Waals surface area (Å²) in [5.41, 5.74) is 0. The van der Waals surface area contributed by atoms with Crippen LogP contribution in [0.4, 0.5) is 0 Å². The molecule has 0 aromatic heterocycles.